The monoisotopic (exact) mass is 652 g/mol. The minimum absolute atomic E-state index is 0.0636. The topological polar surface area (TPSA) is 134 Å². The molecule has 0 spiro atoms. The van der Waals surface area contributed by atoms with Crippen LogP contribution in [0.3, 0.4) is 0 Å². The van der Waals surface area contributed by atoms with Crippen molar-refractivity contribution in [3.05, 3.63) is 90.4 Å². The van der Waals surface area contributed by atoms with Gasteiger partial charge in [0.25, 0.3) is 0 Å². The molecule has 5 rings (SSSR count). The van der Waals surface area contributed by atoms with E-state index < -0.39 is 11.8 Å². The van der Waals surface area contributed by atoms with Crippen LogP contribution < -0.4 is 25.8 Å². The maximum atomic E-state index is 14.0. The van der Waals surface area contributed by atoms with Gasteiger partial charge in [0, 0.05) is 56.2 Å². The standard InChI is InChI=1S/C36H41FN8O3/c1-4-34(46)42-31-19-30(14-15-32(31)44-18-17-43(3)24(2)23-44)45(36(48)35(47)40-21-25-5-8-27(37)9-6-25)29-12-10-28(11-13-29)41-33-16-7-26(20-38)22-39-33/h4-9,14-16,19,22,24,28-29H,1,10-13,17-18,21,23H2,2-3H3,(H,39,41)(H,40,47)(H,42,46)/t24-,28?,29?/m0/s1. The van der Waals surface area contributed by atoms with E-state index in [0.717, 1.165) is 25.3 Å². The summed E-state index contributed by atoms with van der Waals surface area (Å²) in [6.45, 7) is 8.19. The number of carbonyl (C=O) groups excluding carboxylic acids is 3. The predicted octanol–water partition coefficient (Wildman–Crippen LogP) is 4.43. The lowest BCUT2D eigenvalue weighted by atomic mass is 9.89. The normalized spacial score (nSPS) is 19.5. The van der Waals surface area contributed by atoms with Crippen LogP contribution in [0, 0.1) is 17.1 Å². The van der Waals surface area contributed by atoms with E-state index in [1.165, 1.54) is 29.3 Å². The Hall–Kier alpha value is -5.28. The van der Waals surface area contributed by atoms with Gasteiger partial charge in [-0.3, -0.25) is 14.4 Å². The van der Waals surface area contributed by atoms with Gasteiger partial charge >= 0.3 is 11.8 Å². The van der Waals surface area contributed by atoms with Gasteiger partial charge in [-0.2, -0.15) is 5.26 Å². The van der Waals surface area contributed by atoms with Crippen LogP contribution in [0.5, 0.6) is 0 Å². The molecule has 12 heteroatoms. The summed E-state index contributed by atoms with van der Waals surface area (Å²) in [5, 5.41) is 18.1. The van der Waals surface area contributed by atoms with Crippen LogP contribution in [0.1, 0.15) is 43.7 Å². The summed E-state index contributed by atoms with van der Waals surface area (Å²) in [6.07, 6.45) is 5.36. The molecule has 2 fully saturated rings. The number of nitrogens with one attached hydrogen (secondary N) is 3. The first kappa shape index (κ1) is 34.1. The highest BCUT2D eigenvalue weighted by atomic mass is 19.1. The molecule has 1 aliphatic heterocycles. The second-order valence-corrected chi connectivity index (χ2v) is 12.3. The molecule has 1 aromatic heterocycles. The number of piperazine rings is 1. The van der Waals surface area contributed by atoms with Gasteiger partial charge in [0.15, 0.2) is 0 Å². The van der Waals surface area contributed by atoms with E-state index in [-0.39, 0.29) is 30.4 Å². The number of carbonyl (C=O) groups is 3. The summed E-state index contributed by atoms with van der Waals surface area (Å²) in [6, 6.07) is 16.9. The van der Waals surface area contributed by atoms with Crippen molar-refractivity contribution >= 4 is 40.6 Å². The summed E-state index contributed by atoms with van der Waals surface area (Å²) in [4.78, 5) is 50.3. The molecular weight excluding hydrogens is 611 g/mol. The Kier molecular flexibility index (Phi) is 11.0. The van der Waals surface area contributed by atoms with Crippen molar-refractivity contribution in [2.75, 3.05) is 47.1 Å². The van der Waals surface area contributed by atoms with Crippen LogP contribution in [0.15, 0.2) is 73.4 Å². The molecule has 1 aliphatic carbocycles. The number of aromatic nitrogens is 1. The van der Waals surface area contributed by atoms with Crippen LogP contribution in [-0.2, 0) is 20.9 Å². The Morgan fingerprint density at radius 3 is 2.48 bits per heavy atom. The van der Waals surface area contributed by atoms with Crippen LogP contribution in [0.4, 0.5) is 27.3 Å². The van der Waals surface area contributed by atoms with Gasteiger partial charge in [0.2, 0.25) is 5.91 Å². The minimum Gasteiger partial charge on any atom is -0.367 e. The summed E-state index contributed by atoms with van der Waals surface area (Å²) in [5.41, 5.74) is 2.98. The lowest BCUT2D eigenvalue weighted by Crippen LogP contribution is -2.50. The number of hydrogen-bond acceptors (Lipinski definition) is 8. The van der Waals surface area contributed by atoms with Gasteiger partial charge < -0.3 is 30.7 Å². The first-order chi connectivity index (χ1) is 23.1. The fourth-order valence-corrected chi connectivity index (χ4v) is 6.20. The van der Waals surface area contributed by atoms with Gasteiger partial charge in [-0.15, -0.1) is 0 Å². The zero-order valence-corrected chi connectivity index (χ0v) is 27.3. The lowest BCUT2D eigenvalue weighted by molar-refractivity contribution is -0.138. The summed E-state index contributed by atoms with van der Waals surface area (Å²) in [7, 11) is 2.08. The van der Waals surface area contributed by atoms with E-state index in [1.807, 2.05) is 12.1 Å². The maximum absolute atomic E-state index is 14.0. The van der Waals surface area contributed by atoms with Crippen LogP contribution >= 0.6 is 0 Å². The third-order valence-electron chi connectivity index (χ3n) is 9.09. The molecule has 3 N–H and O–H groups in total. The molecule has 1 saturated heterocycles. The molecular formula is C36H41FN8O3. The number of hydrogen-bond donors (Lipinski definition) is 3. The molecule has 11 nitrogen and oxygen atoms in total. The quantitative estimate of drug-likeness (QED) is 0.229. The summed E-state index contributed by atoms with van der Waals surface area (Å²) in [5.74, 6) is -1.60. The molecule has 2 aliphatic rings. The fourth-order valence-electron chi connectivity index (χ4n) is 6.20. The smallest absolute Gasteiger partial charge is 0.316 e. The van der Waals surface area contributed by atoms with Crippen molar-refractivity contribution in [2.24, 2.45) is 0 Å². The van der Waals surface area contributed by atoms with Gasteiger partial charge in [0.05, 0.1) is 16.9 Å². The zero-order chi connectivity index (χ0) is 34.2. The molecule has 48 heavy (non-hydrogen) atoms. The number of pyridine rings is 1. The molecule has 250 valence electrons. The van der Waals surface area contributed by atoms with Gasteiger partial charge in [0.1, 0.15) is 17.7 Å². The fraction of sp³-hybridized carbons (Fsp3) is 0.361. The lowest BCUT2D eigenvalue weighted by Gasteiger charge is -2.40. The Balaban J connectivity index is 1.40. The number of anilines is 4. The van der Waals surface area contributed by atoms with Gasteiger partial charge in [-0.05, 0) is 93.8 Å². The molecule has 3 amide bonds. The highest BCUT2D eigenvalue weighted by Gasteiger charge is 2.34. The first-order valence-corrected chi connectivity index (χ1v) is 16.2. The molecule has 2 aromatic carbocycles. The van der Waals surface area contributed by atoms with Crippen molar-refractivity contribution in [2.45, 2.75) is 57.3 Å². The number of nitriles is 1. The number of likely N-dealkylation sites (N-methyl/N-ethyl adjacent to an activating group) is 1. The average Bonchev–Trinajstić information content (AvgIpc) is 3.10. The van der Waals surface area contributed by atoms with Crippen molar-refractivity contribution in [1.29, 1.82) is 5.26 Å². The number of nitrogens with zero attached hydrogens (tertiary/aromatic N) is 5. The SMILES string of the molecule is C=CC(=O)Nc1cc(N(C(=O)C(=O)NCc2ccc(F)cc2)C2CCC(Nc3ccc(C#N)cn3)CC2)ccc1N1CCN(C)[C@@H](C)C1. The van der Waals surface area contributed by atoms with Crippen LogP contribution in [0.2, 0.25) is 0 Å². The summed E-state index contributed by atoms with van der Waals surface area (Å²) >= 11 is 0. The molecule has 0 unspecified atom stereocenters. The molecule has 3 aromatic rings. The first-order valence-electron chi connectivity index (χ1n) is 16.2. The van der Waals surface area contributed by atoms with Gasteiger partial charge in [-0.25, -0.2) is 9.37 Å². The van der Waals surface area contributed by atoms with Crippen molar-refractivity contribution < 1.29 is 18.8 Å². The van der Waals surface area contributed by atoms with Crippen molar-refractivity contribution in [3.8, 4) is 6.07 Å². The second-order valence-electron chi connectivity index (χ2n) is 12.3. The largest absolute Gasteiger partial charge is 0.367 e. The second kappa shape index (κ2) is 15.5. The Bertz CT molecular complexity index is 1670. The number of rotatable bonds is 9. The van der Waals surface area contributed by atoms with Crippen molar-refractivity contribution in [1.82, 2.24) is 15.2 Å². The molecule has 0 radical (unpaired) electrons. The minimum atomic E-state index is -0.782. The average molecular weight is 653 g/mol. The molecule has 0 bridgehead atoms. The highest BCUT2D eigenvalue weighted by molar-refractivity contribution is 6.40. The summed E-state index contributed by atoms with van der Waals surface area (Å²) < 4.78 is 13.4. The van der Waals surface area contributed by atoms with Crippen LogP contribution in [-0.4, -0.2) is 72.4 Å². The van der Waals surface area contributed by atoms with E-state index in [9.17, 15) is 18.8 Å². The Morgan fingerprint density at radius 1 is 1.08 bits per heavy atom. The predicted molar refractivity (Wildman–Crippen MR) is 184 cm³/mol. The van der Waals surface area contributed by atoms with Crippen molar-refractivity contribution in [3.63, 3.8) is 0 Å². The molecule has 1 atom stereocenters. The van der Waals surface area contributed by atoms with Gasteiger partial charge in [-0.1, -0.05) is 18.7 Å². The highest BCUT2D eigenvalue weighted by Crippen LogP contribution is 2.36. The Morgan fingerprint density at radius 2 is 1.83 bits per heavy atom. The zero-order valence-electron chi connectivity index (χ0n) is 27.3. The number of benzene rings is 2. The molecule has 2 heterocycles. The van der Waals surface area contributed by atoms with E-state index >= 15 is 0 Å². The third kappa shape index (κ3) is 8.35. The third-order valence-corrected chi connectivity index (χ3v) is 9.09. The van der Waals surface area contributed by atoms with E-state index in [2.05, 4.69) is 57.4 Å². The van der Waals surface area contributed by atoms with E-state index in [4.69, 9.17) is 5.26 Å². The Labute approximate surface area is 280 Å². The van der Waals surface area contributed by atoms with E-state index in [0.29, 0.717) is 60.0 Å². The van der Waals surface area contributed by atoms with Crippen LogP contribution in [0.25, 0.3) is 0 Å². The molecule has 1 saturated carbocycles. The van der Waals surface area contributed by atoms with E-state index in [1.54, 1.807) is 30.3 Å². The maximum Gasteiger partial charge on any atom is 0.316 e. The number of amides is 3. The number of halogens is 1.